The van der Waals surface area contributed by atoms with Crippen LogP contribution < -0.4 is 16.6 Å². The molecule has 106 valence electrons. The van der Waals surface area contributed by atoms with E-state index in [1.807, 2.05) is 0 Å². The van der Waals surface area contributed by atoms with Gasteiger partial charge in [0.05, 0.1) is 17.5 Å². The zero-order valence-electron chi connectivity index (χ0n) is 10.5. The molecule has 2 aromatic rings. The van der Waals surface area contributed by atoms with Gasteiger partial charge in [-0.25, -0.2) is 0 Å². The van der Waals surface area contributed by atoms with Gasteiger partial charge >= 0.3 is 0 Å². The van der Waals surface area contributed by atoms with Crippen molar-refractivity contribution in [3.63, 3.8) is 0 Å². The van der Waals surface area contributed by atoms with E-state index < -0.39 is 12.2 Å². The van der Waals surface area contributed by atoms with Gasteiger partial charge in [-0.1, -0.05) is 12.2 Å². The number of aliphatic hydroxyl groups excluding tert-OH is 2. The van der Waals surface area contributed by atoms with E-state index in [2.05, 4.69) is 20.3 Å². The molecule has 0 amide bonds. The Labute approximate surface area is 113 Å². The van der Waals surface area contributed by atoms with Crippen molar-refractivity contribution in [1.82, 2.24) is 20.3 Å². The number of fused-ring (bicyclic) bond motifs is 1. The fraction of sp³-hybridized carbons (Fsp3) is 0.333. The molecule has 0 radical (unpaired) electrons. The first-order chi connectivity index (χ1) is 9.56. The van der Waals surface area contributed by atoms with Crippen LogP contribution in [0.5, 0.6) is 0 Å². The van der Waals surface area contributed by atoms with Gasteiger partial charge in [-0.15, -0.1) is 0 Å². The van der Waals surface area contributed by atoms with Gasteiger partial charge in [0.15, 0.2) is 0 Å². The molecular formula is C12H15N5O3. The Hall–Kier alpha value is -2.16. The average Bonchev–Trinajstić information content (AvgIpc) is 2.93. The van der Waals surface area contributed by atoms with Gasteiger partial charge in [0, 0.05) is 12.7 Å². The molecule has 8 nitrogen and oxygen atoms in total. The third-order valence-corrected chi connectivity index (χ3v) is 3.40. The number of nitrogens with zero attached hydrogens (tertiary/aromatic N) is 1. The van der Waals surface area contributed by atoms with Crippen molar-refractivity contribution in [2.75, 3.05) is 5.73 Å². The quantitative estimate of drug-likeness (QED) is 0.381. The predicted molar refractivity (Wildman–Crippen MR) is 72.9 cm³/mol. The van der Waals surface area contributed by atoms with Crippen molar-refractivity contribution < 1.29 is 10.2 Å². The number of nitrogens with two attached hydrogens (primary N) is 1. The molecule has 7 N–H and O–H groups in total. The highest BCUT2D eigenvalue weighted by Crippen LogP contribution is 2.15. The number of aromatic amines is 2. The number of nitrogen functional groups attached to an aromatic ring is 1. The molecule has 0 fully saturated rings. The summed E-state index contributed by atoms with van der Waals surface area (Å²) in [6, 6.07) is -0.351. The van der Waals surface area contributed by atoms with Gasteiger partial charge < -0.3 is 26.2 Å². The van der Waals surface area contributed by atoms with E-state index in [-0.39, 0.29) is 17.5 Å². The van der Waals surface area contributed by atoms with Crippen molar-refractivity contribution >= 4 is 17.0 Å². The summed E-state index contributed by atoms with van der Waals surface area (Å²) in [5.74, 6) is 0.0566. The maximum atomic E-state index is 11.9. The highest BCUT2D eigenvalue weighted by molar-refractivity contribution is 5.79. The van der Waals surface area contributed by atoms with Crippen molar-refractivity contribution in [3.05, 3.63) is 34.3 Å². The maximum absolute atomic E-state index is 11.9. The second-order valence-electron chi connectivity index (χ2n) is 4.76. The van der Waals surface area contributed by atoms with Crippen LogP contribution in [0.25, 0.3) is 11.0 Å². The molecule has 0 saturated carbocycles. The van der Waals surface area contributed by atoms with Gasteiger partial charge in [-0.05, 0) is 5.56 Å². The van der Waals surface area contributed by atoms with Crippen LogP contribution in [0.3, 0.4) is 0 Å². The normalized spacial score (nSPS) is 25.6. The number of hydrogen-bond donors (Lipinski definition) is 6. The molecule has 0 spiro atoms. The molecule has 20 heavy (non-hydrogen) atoms. The molecular weight excluding hydrogens is 262 g/mol. The minimum atomic E-state index is -0.882. The summed E-state index contributed by atoms with van der Waals surface area (Å²) in [6.07, 6.45) is 3.16. The van der Waals surface area contributed by atoms with E-state index in [0.717, 1.165) is 5.56 Å². The number of rotatable bonds is 3. The number of aliphatic hydroxyl groups is 2. The minimum Gasteiger partial charge on any atom is -0.388 e. The standard InChI is InChI=1S/C12H15N5O3/c13-12-16-10-8(11(20)17-12)5(4-15-10)3-14-6-1-2-7(18)9(6)19/h1-2,4,6-7,9,14,18-19H,3H2,(H4,13,15,16,17,20)/t6-,7+,9-/m1/s1. The Bertz CT molecular complexity index is 719. The molecule has 3 rings (SSSR count). The van der Waals surface area contributed by atoms with E-state index in [1.165, 1.54) is 6.08 Å². The van der Waals surface area contributed by atoms with Gasteiger partial charge in [0.2, 0.25) is 5.95 Å². The van der Waals surface area contributed by atoms with Crippen molar-refractivity contribution in [3.8, 4) is 0 Å². The summed E-state index contributed by atoms with van der Waals surface area (Å²) in [4.78, 5) is 21.2. The largest absolute Gasteiger partial charge is 0.388 e. The third kappa shape index (κ3) is 2.09. The first-order valence-corrected chi connectivity index (χ1v) is 6.20. The Morgan fingerprint density at radius 3 is 2.90 bits per heavy atom. The molecule has 0 unspecified atom stereocenters. The molecule has 1 aliphatic carbocycles. The summed E-state index contributed by atoms with van der Waals surface area (Å²) in [6.45, 7) is 0.355. The topological polar surface area (TPSA) is 140 Å². The van der Waals surface area contributed by atoms with Crippen molar-refractivity contribution in [2.24, 2.45) is 0 Å². The smallest absolute Gasteiger partial charge is 0.262 e. The van der Waals surface area contributed by atoms with Crippen LogP contribution >= 0.6 is 0 Å². The summed E-state index contributed by atoms with van der Waals surface area (Å²) in [5, 5.41) is 22.6. The Morgan fingerprint density at radius 1 is 1.40 bits per heavy atom. The van der Waals surface area contributed by atoms with Crippen LogP contribution in [0.1, 0.15) is 5.56 Å². The van der Waals surface area contributed by atoms with Gasteiger partial charge in [-0.2, -0.15) is 4.98 Å². The van der Waals surface area contributed by atoms with E-state index >= 15 is 0 Å². The highest BCUT2D eigenvalue weighted by atomic mass is 16.3. The Kier molecular flexibility index (Phi) is 3.05. The number of nitrogens with one attached hydrogen (secondary N) is 3. The van der Waals surface area contributed by atoms with Crippen LogP contribution in [0.2, 0.25) is 0 Å². The molecule has 2 heterocycles. The van der Waals surface area contributed by atoms with Crippen LogP contribution in [0, 0.1) is 0 Å². The highest BCUT2D eigenvalue weighted by Gasteiger charge is 2.27. The third-order valence-electron chi connectivity index (χ3n) is 3.40. The fourth-order valence-electron chi connectivity index (χ4n) is 2.35. The fourth-order valence-corrected chi connectivity index (χ4v) is 2.35. The van der Waals surface area contributed by atoms with Crippen LogP contribution in [0.4, 0.5) is 5.95 Å². The lowest BCUT2D eigenvalue weighted by Crippen LogP contribution is -2.40. The lowest BCUT2D eigenvalue weighted by atomic mass is 10.1. The second kappa shape index (κ2) is 4.75. The average molecular weight is 277 g/mol. The summed E-state index contributed by atoms with van der Waals surface area (Å²) >= 11 is 0. The zero-order chi connectivity index (χ0) is 14.3. The van der Waals surface area contributed by atoms with Crippen molar-refractivity contribution in [1.29, 1.82) is 0 Å². The molecule has 0 aromatic carbocycles. The van der Waals surface area contributed by atoms with Crippen LogP contribution in [-0.2, 0) is 6.54 Å². The molecule has 3 atom stereocenters. The summed E-state index contributed by atoms with van der Waals surface area (Å²) in [7, 11) is 0. The maximum Gasteiger partial charge on any atom is 0.262 e. The van der Waals surface area contributed by atoms with E-state index in [4.69, 9.17) is 5.73 Å². The molecule has 0 bridgehead atoms. The number of H-pyrrole nitrogens is 2. The first kappa shape index (κ1) is 12.9. The second-order valence-corrected chi connectivity index (χ2v) is 4.76. The molecule has 2 aromatic heterocycles. The molecule has 0 aliphatic heterocycles. The Morgan fingerprint density at radius 2 is 2.20 bits per heavy atom. The van der Waals surface area contributed by atoms with E-state index in [9.17, 15) is 15.0 Å². The SMILES string of the molecule is Nc1nc2[nH]cc(CN[C@@H]3C=C[C@H](O)[C@@H]3O)c2c(=O)[nH]1. The monoisotopic (exact) mass is 277 g/mol. The van der Waals surface area contributed by atoms with Gasteiger partial charge in [0.25, 0.3) is 5.56 Å². The number of hydrogen-bond acceptors (Lipinski definition) is 6. The lowest BCUT2D eigenvalue weighted by molar-refractivity contribution is 0.0441. The van der Waals surface area contributed by atoms with E-state index in [0.29, 0.717) is 17.6 Å². The first-order valence-electron chi connectivity index (χ1n) is 6.20. The molecule has 0 saturated heterocycles. The number of anilines is 1. The van der Waals surface area contributed by atoms with Crippen LogP contribution in [0.15, 0.2) is 23.1 Å². The van der Waals surface area contributed by atoms with E-state index in [1.54, 1.807) is 12.3 Å². The predicted octanol–water partition coefficient (Wildman–Crippen LogP) is -1.42. The van der Waals surface area contributed by atoms with Gasteiger partial charge in [0.1, 0.15) is 11.8 Å². The molecule has 8 heteroatoms. The zero-order valence-corrected chi connectivity index (χ0v) is 10.5. The van der Waals surface area contributed by atoms with Gasteiger partial charge in [-0.3, -0.25) is 9.78 Å². The summed E-state index contributed by atoms with van der Waals surface area (Å²) in [5.41, 5.74) is 6.30. The molecule has 1 aliphatic rings. The van der Waals surface area contributed by atoms with Crippen molar-refractivity contribution in [2.45, 2.75) is 24.8 Å². The Balaban J connectivity index is 1.82. The lowest BCUT2D eigenvalue weighted by Gasteiger charge is -2.17. The minimum absolute atomic E-state index is 0.0566. The van der Waals surface area contributed by atoms with Crippen LogP contribution in [-0.4, -0.2) is 43.4 Å². The number of aromatic nitrogens is 3. The summed E-state index contributed by atoms with van der Waals surface area (Å²) < 4.78 is 0.